The predicted octanol–water partition coefficient (Wildman–Crippen LogP) is 1.25. The molecule has 4 atom stereocenters. The molecule has 0 spiro atoms. The second kappa shape index (κ2) is 5.12. The third-order valence-corrected chi connectivity index (χ3v) is 5.13. The second-order valence-electron chi connectivity index (χ2n) is 6.25. The number of piperidine rings is 1. The van der Waals surface area contributed by atoms with Crippen molar-refractivity contribution in [1.29, 1.82) is 0 Å². The molecule has 0 aromatic rings. The van der Waals surface area contributed by atoms with Crippen molar-refractivity contribution in [2.24, 2.45) is 23.7 Å². The Morgan fingerprint density at radius 2 is 1.63 bits per heavy atom. The van der Waals surface area contributed by atoms with Gasteiger partial charge in [-0.2, -0.15) is 0 Å². The minimum absolute atomic E-state index is 0.0542. The summed E-state index contributed by atoms with van der Waals surface area (Å²) in [5.41, 5.74) is 2.96. The average Bonchev–Trinajstić information content (AvgIpc) is 2.99. The summed E-state index contributed by atoms with van der Waals surface area (Å²) in [6.07, 6.45) is 6.37. The molecule has 1 aliphatic heterocycles. The lowest BCUT2D eigenvalue weighted by Crippen LogP contribution is -2.50. The van der Waals surface area contributed by atoms with E-state index in [2.05, 4.69) is 5.43 Å². The summed E-state index contributed by atoms with van der Waals surface area (Å²) in [5.74, 6) is -1.09. The van der Waals surface area contributed by atoms with E-state index >= 15 is 0 Å². The zero-order chi connectivity index (χ0) is 13.4. The number of carbonyl (C=O) groups is 2. The molecule has 4 unspecified atom stereocenters. The maximum absolute atomic E-state index is 12.4. The van der Waals surface area contributed by atoms with Gasteiger partial charge in [0.1, 0.15) is 0 Å². The third-order valence-electron chi connectivity index (χ3n) is 5.13. The number of carboxylic acid groups (broad SMARTS) is 1. The fraction of sp³-hybridized carbons (Fsp3) is 0.857. The van der Waals surface area contributed by atoms with E-state index in [4.69, 9.17) is 0 Å². The Morgan fingerprint density at radius 1 is 1.00 bits per heavy atom. The van der Waals surface area contributed by atoms with E-state index in [0.29, 0.717) is 0 Å². The molecule has 1 saturated heterocycles. The number of hydrogen-bond acceptors (Lipinski definition) is 3. The normalized spacial score (nSPS) is 38.3. The zero-order valence-electron chi connectivity index (χ0n) is 11.2. The number of amides is 1. The van der Waals surface area contributed by atoms with Crippen LogP contribution < -0.4 is 5.43 Å². The van der Waals surface area contributed by atoms with E-state index in [1.165, 1.54) is 6.42 Å². The molecular formula is C14H22N2O3. The molecule has 0 aromatic heterocycles. The molecule has 3 rings (SSSR count). The van der Waals surface area contributed by atoms with Crippen LogP contribution in [0.4, 0.5) is 0 Å². The molecule has 5 nitrogen and oxygen atoms in total. The molecule has 2 bridgehead atoms. The van der Waals surface area contributed by atoms with Crippen LogP contribution in [-0.4, -0.2) is 35.1 Å². The molecule has 2 aliphatic carbocycles. The predicted molar refractivity (Wildman–Crippen MR) is 69.0 cm³/mol. The highest BCUT2D eigenvalue weighted by Crippen LogP contribution is 2.52. The monoisotopic (exact) mass is 266 g/mol. The Bertz CT molecular complexity index is 379. The van der Waals surface area contributed by atoms with Crippen LogP contribution in [0.2, 0.25) is 0 Å². The Balaban J connectivity index is 1.66. The zero-order valence-corrected chi connectivity index (χ0v) is 11.2. The SMILES string of the molecule is O=C(O)C1C2CCC(C2)C1C(=O)NN1CCCCC1. The van der Waals surface area contributed by atoms with Gasteiger partial charge in [0.15, 0.2) is 0 Å². The molecule has 3 fully saturated rings. The maximum Gasteiger partial charge on any atom is 0.307 e. The Morgan fingerprint density at radius 3 is 2.26 bits per heavy atom. The molecule has 1 amide bonds. The van der Waals surface area contributed by atoms with Crippen LogP contribution in [0.1, 0.15) is 38.5 Å². The van der Waals surface area contributed by atoms with Crippen molar-refractivity contribution < 1.29 is 14.7 Å². The Kier molecular flexibility index (Phi) is 3.48. The van der Waals surface area contributed by atoms with Crippen molar-refractivity contribution in [2.45, 2.75) is 38.5 Å². The number of rotatable bonds is 3. The average molecular weight is 266 g/mol. The number of carbonyl (C=O) groups excluding carboxylic acids is 1. The summed E-state index contributed by atoms with van der Waals surface area (Å²) < 4.78 is 0. The van der Waals surface area contributed by atoms with E-state index in [-0.39, 0.29) is 23.7 Å². The van der Waals surface area contributed by atoms with Gasteiger partial charge in [-0.1, -0.05) is 6.42 Å². The number of nitrogens with one attached hydrogen (secondary N) is 1. The van der Waals surface area contributed by atoms with Gasteiger partial charge in [-0.25, -0.2) is 5.01 Å². The summed E-state index contributed by atoms with van der Waals surface area (Å²) in [6.45, 7) is 1.79. The van der Waals surface area contributed by atoms with Gasteiger partial charge in [-0.15, -0.1) is 0 Å². The van der Waals surface area contributed by atoms with E-state index in [1.807, 2.05) is 5.01 Å². The Labute approximate surface area is 113 Å². The van der Waals surface area contributed by atoms with Crippen LogP contribution in [-0.2, 0) is 9.59 Å². The van der Waals surface area contributed by atoms with Crippen LogP contribution in [0.3, 0.4) is 0 Å². The van der Waals surface area contributed by atoms with Gasteiger partial charge in [-0.05, 0) is 43.9 Å². The number of hydrazine groups is 1. The molecule has 5 heteroatoms. The lowest BCUT2D eigenvalue weighted by atomic mass is 9.79. The fourth-order valence-corrected chi connectivity index (χ4v) is 4.26. The third kappa shape index (κ3) is 2.36. The summed E-state index contributed by atoms with van der Waals surface area (Å²) in [6, 6.07) is 0. The highest BCUT2D eigenvalue weighted by Gasteiger charge is 2.54. The first-order valence-corrected chi connectivity index (χ1v) is 7.45. The molecule has 106 valence electrons. The van der Waals surface area contributed by atoms with Crippen molar-refractivity contribution in [3.8, 4) is 0 Å². The highest BCUT2D eigenvalue weighted by atomic mass is 16.4. The molecule has 2 saturated carbocycles. The number of hydrogen-bond donors (Lipinski definition) is 2. The van der Waals surface area contributed by atoms with Gasteiger partial charge in [0.05, 0.1) is 11.8 Å². The van der Waals surface area contributed by atoms with Crippen LogP contribution in [0, 0.1) is 23.7 Å². The lowest BCUT2D eigenvalue weighted by molar-refractivity contribution is -0.151. The first kappa shape index (κ1) is 12.9. The quantitative estimate of drug-likeness (QED) is 0.806. The number of nitrogens with zero attached hydrogens (tertiary/aromatic N) is 1. The molecule has 2 N–H and O–H groups in total. The smallest absolute Gasteiger partial charge is 0.307 e. The fourth-order valence-electron chi connectivity index (χ4n) is 4.26. The van der Waals surface area contributed by atoms with Crippen molar-refractivity contribution in [2.75, 3.05) is 13.1 Å². The van der Waals surface area contributed by atoms with Gasteiger partial charge in [-0.3, -0.25) is 15.0 Å². The van der Waals surface area contributed by atoms with Crippen molar-refractivity contribution >= 4 is 11.9 Å². The van der Waals surface area contributed by atoms with Crippen molar-refractivity contribution in [3.63, 3.8) is 0 Å². The van der Waals surface area contributed by atoms with Gasteiger partial charge < -0.3 is 5.11 Å². The first-order chi connectivity index (χ1) is 9.16. The minimum Gasteiger partial charge on any atom is -0.481 e. The van der Waals surface area contributed by atoms with Gasteiger partial charge in [0.25, 0.3) is 0 Å². The molecule has 0 aromatic carbocycles. The van der Waals surface area contributed by atoms with Crippen molar-refractivity contribution in [3.05, 3.63) is 0 Å². The standard InChI is InChI=1S/C14H22N2O3/c17-13(15-16-6-2-1-3-7-16)11-9-4-5-10(8-9)12(11)14(18)19/h9-12H,1-8H2,(H,15,17)(H,18,19). The summed E-state index contributed by atoms with van der Waals surface area (Å²) >= 11 is 0. The van der Waals surface area contributed by atoms with E-state index in [1.54, 1.807) is 0 Å². The van der Waals surface area contributed by atoms with Crippen LogP contribution in [0.25, 0.3) is 0 Å². The van der Waals surface area contributed by atoms with Crippen LogP contribution >= 0.6 is 0 Å². The highest BCUT2D eigenvalue weighted by molar-refractivity contribution is 5.85. The number of fused-ring (bicyclic) bond motifs is 2. The number of aliphatic carboxylic acids is 1. The molecule has 1 heterocycles. The second-order valence-corrected chi connectivity index (χ2v) is 6.25. The van der Waals surface area contributed by atoms with E-state index < -0.39 is 11.9 Å². The van der Waals surface area contributed by atoms with Crippen LogP contribution in [0.5, 0.6) is 0 Å². The molecule has 19 heavy (non-hydrogen) atoms. The van der Waals surface area contributed by atoms with E-state index in [9.17, 15) is 14.7 Å². The topological polar surface area (TPSA) is 69.6 Å². The summed E-state index contributed by atoms with van der Waals surface area (Å²) in [7, 11) is 0. The Hall–Kier alpha value is -1.10. The maximum atomic E-state index is 12.4. The van der Waals surface area contributed by atoms with Gasteiger partial charge >= 0.3 is 5.97 Å². The number of carboxylic acids is 1. The van der Waals surface area contributed by atoms with Crippen LogP contribution in [0.15, 0.2) is 0 Å². The van der Waals surface area contributed by atoms with Gasteiger partial charge in [0.2, 0.25) is 5.91 Å². The minimum atomic E-state index is -0.786. The molecule has 0 radical (unpaired) electrons. The summed E-state index contributed by atoms with van der Waals surface area (Å²) in [5, 5.41) is 11.3. The first-order valence-electron chi connectivity index (χ1n) is 7.45. The lowest BCUT2D eigenvalue weighted by Gasteiger charge is -2.32. The largest absolute Gasteiger partial charge is 0.481 e. The molecule has 3 aliphatic rings. The van der Waals surface area contributed by atoms with Gasteiger partial charge in [0, 0.05) is 13.1 Å². The van der Waals surface area contributed by atoms with E-state index in [0.717, 1.165) is 45.2 Å². The van der Waals surface area contributed by atoms with Crippen molar-refractivity contribution in [1.82, 2.24) is 10.4 Å². The molecular weight excluding hydrogens is 244 g/mol. The summed E-state index contributed by atoms with van der Waals surface area (Å²) in [4.78, 5) is 23.8.